The molecule has 3 heterocycles. The third-order valence-corrected chi connectivity index (χ3v) is 7.88. The number of carbonyl (C=O) groups excluding carboxylic acids is 1. The van der Waals surface area contributed by atoms with Gasteiger partial charge in [-0.1, -0.05) is 66.7 Å². The van der Waals surface area contributed by atoms with Crippen molar-refractivity contribution < 1.29 is 19.4 Å². The first-order valence-corrected chi connectivity index (χ1v) is 13.8. The third-order valence-electron chi connectivity index (χ3n) is 7.88. The Morgan fingerprint density at radius 2 is 1.65 bits per heavy atom. The van der Waals surface area contributed by atoms with Gasteiger partial charge < -0.3 is 24.5 Å². The van der Waals surface area contributed by atoms with E-state index < -0.39 is 6.29 Å². The molecule has 0 aliphatic carbocycles. The molecule has 8 nitrogen and oxygen atoms in total. The first kappa shape index (κ1) is 26.1. The van der Waals surface area contributed by atoms with Crippen LogP contribution in [-0.4, -0.2) is 44.8 Å². The van der Waals surface area contributed by atoms with Gasteiger partial charge in [0.25, 0.3) is 5.91 Å². The lowest BCUT2D eigenvalue weighted by atomic mass is 9.92. The number of imidazole rings is 1. The molecular formula is C32H33N3O5. The number of allylic oxidation sites excluding steroid dienone is 1. The Morgan fingerprint density at radius 3 is 2.40 bits per heavy atom. The summed E-state index contributed by atoms with van der Waals surface area (Å²) in [6.07, 6.45) is 3.32. The second kappa shape index (κ2) is 11.5. The van der Waals surface area contributed by atoms with Crippen molar-refractivity contribution >= 4 is 16.9 Å². The summed E-state index contributed by atoms with van der Waals surface area (Å²) in [6, 6.07) is 25.4. The van der Waals surface area contributed by atoms with Crippen LogP contribution in [-0.2, 0) is 27.5 Å². The number of piperidine rings is 1. The van der Waals surface area contributed by atoms with Crippen molar-refractivity contribution in [2.45, 2.75) is 50.7 Å². The first-order valence-electron chi connectivity index (χ1n) is 13.8. The fourth-order valence-electron chi connectivity index (χ4n) is 5.69. The smallest absolute Gasteiger partial charge is 0.326 e. The Bertz CT molecular complexity index is 1550. The second-order valence-corrected chi connectivity index (χ2v) is 10.5. The molecule has 3 aromatic carbocycles. The van der Waals surface area contributed by atoms with E-state index in [2.05, 4.69) is 17.1 Å². The van der Waals surface area contributed by atoms with Crippen LogP contribution in [0.1, 0.15) is 47.9 Å². The summed E-state index contributed by atoms with van der Waals surface area (Å²) >= 11 is 0. The molecule has 1 saturated heterocycles. The van der Waals surface area contributed by atoms with Crippen molar-refractivity contribution in [3.05, 3.63) is 118 Å². The van der Waals surface area contributed by atoms with Crippen molar-refractivity contribution in [1.82, 2.24) is 14.5 Å². The molecule has 0 bridgehead atoms. The highest BCUT2D eigenvalue weighted by atomic mass is 16.7. The number of aromatic amines is 1. The molecule has 2 N–H and O–H groups in total. The minimum absolute atomic E-state index is 0.00232. The number of ether oxygens (including phenoxy) is 2. The van der Waals surface area contributed by atoms with Crippen LogP contribution in [0.2, 0.25) is 0 Å². The number of rotatable bonds is 7. The Labute approximate surface area is 232 Å². The number of hydrogen-bond donors (Lipinski definition) is 2. The van der Waals surface area contributed by atoms with Gasteiger partial charge in [0, 0.05) is 31.5 Å². The predicted molar refractivity (Wildman–Crippen MR) is 151 cm³/mol. The van der Waals surface area contributed by atoms with Crippen molar-refractivity contribution in [3.8, 4) is 0 Å². The number of para-hydroxylation sites is 2. The summed E-state index contributed by atoms with van der Waals surface area (Å²) in [7, 11) is 0. The van der Waals surface area contributed by atoms with E-state index in [-0.39, 0.29) is 30.2 Å². The number of aliphatic hydroxyl groups is 1. The van der Waals surface area contributed by atoms with Crippen LogP contribution in [0.25, 0.3) is 11.0 Å². The normalized spacial score (nSPS) is 19.8. The molecule has 0 spiro atoms. The molecule has 4 aromatic rings. The van der Waals surface area contributed by atoms with Crippen LogP contribution in [0.4, 0.5) is 0 Å². The molecule has 6 rings (SSSR count). The quantitative estimate of drug-likeness (QED) is 0.357. The minimum Gasteiger partial charge on any atom is -0.459 e. The number of nitrogens with one attached hydrogen (secondary N) is 1. The summed E-state index contributed by atoms with van der Waals surface area (Å²) in [5.41, 5.74) is 4.53. The van der Waals surface area contributed by atoms with E-state index in [9.17, 15) is 14.7 Å². The molecule has 1 aromatic heterocycles. The number of carbonyl (C=O) groups is 1. The van der Waals surface area contributed by atoms with Gasteiger partial charge in [-0.25, -0.2) is 4.79 Å². The summed E-state index contributed by atoms with van der Waals surface area (Å²) in [4.78, 5) is 31.1. The lowest BCUT2D eigenvalue weighted by Gasteiger charge is -2.35. The number of H-pyrrole nitrogens is 1. The summed E-state index contributed by atoms with van der Waals surface area (Å²) in [5.74, 6) is 0.146. The average Bonchev–Trinajstić information content (AvgIpc) is 3.36. The monoisotopic (exact) mass is 539 g/mol. The maximum absolute atomic E-state index is 13.7. The second-order valence-electron chi connectivity index (χ2n) is 10.5. The van der Waals surface area contributed by atoms with E-state index in [0.29, 0.717) is 44.7 Å². The number of aromatic nitrogens is 2. The van der Waals surface area contributed by atoms with Gasteiger partial charge >= 0.3 is 5.69 Å². The molecule has 206 valence electrons. The Kier molecular flexibility index (Phi) is 7.53. The lowest BCUT2D eigenvalue weighted by molar-refractivity contribution is -0.156. The van der Waals surface area contributed by atoms with Gasteiger partial charge in [0.1, 0.15) is 0 Å². The maximum atomic E-state index is 13.7. The number of nitrogens with zero attached hydrogens (tertiary/aromatic N) is 2. The van der Waals surface area contributed by atoms with E-state index in [0.717, 1.165) is 27.7 Å². The van der Waals surface area contributed by atoms with Gasteiger partial charge in [-0.3, -0.25) is 9.36 Å². The van der Waals surface area contributed by atoms with Crippen molar-refractivity contribution in [3.63, 3.8) is 0 Å². The van der Waals surface area contributed by atoms with Crippen molar-refractivity contribution in [2.24, 2.45) is 0 Å². The zero-order valence-corrected chi connectivity index (χ0v) is 22.2. The van der Waals surface area contributed by atoms with E-state index in [4.69, 9.17) is 9.47 Å². The molecule has 1 amide bonds. The number of likely N-dealkylation sites (tertiary alicyclic amines) is 1. The number of aliphatic hydroxyl groups excluding tert-OH is 1. The molecule has 40 heavy (non-hydrogen) atoms. The molecule has 2 atom stereocenters. The highest BCUT2D eigenvalue weighted by Gasteiger charge is 2.33. The number of benzene rings is 3. The predicted octanol–water partition coefficient (Wildman–Crippen LogP) is 4.62. The lowest BCUT2D eigenvalue weighted by Crippen LogP contribution is -2.42. The average molecular weight is 540 g/mol. The summed E-state index contributed by atoms with van der Waals surface area (Å²) < 4.78 is 14.1. The van der Waals surface area contributed by atoms with Crippen molar-refractivity contribution in [2.75, 3.05) is 13.1 Å². The Morgan fingerprint density at radius 1 is 0.950 bits per heavy atom. The zero-order chi connectivity index (χ0) is 27.5. The Balaban J connectivity index is 1.16. The summed E-state index contributed by atoms with van der Waals surface area (Å²) in [6.45, 7) is 1.41. The van der Waals surface area contributed by atoms with E-state index in [1.165, 1.54) is 0 Å². The van der Waals surface area contributed by atoms with Crippen LogP contribution in [0.15, 0.2) is 95.5 Å². The molecule has 1 fully saturated rings. The zero-order valence-electron chi connectivity index (χ0n) is 22.2. The topological polar surface area (TPSA) is 96.8 Å². The van der Waals surface area contributed by atoms with Gasteiger partial charge in [0.15, 0.2) is 5.76 Å². The van der Waals surface area contributed by atoms with Gasteiger partial charge in [-0.2, -0.15) is 0 Å². The molecule has 8 heteroatoms. The number of hydrogen-bond acceptors (Lipinski definition) is 5. The molecule has 0 radical (unpaired) electrons. The fraction of sp³-hybridized carbons (Fsp3) is 0.312. The fourth-order valence-corrected chi connectivity index (χ4v) is 5.69. The van der Waals surface area contributed by atoms with E-state index >= 15 is 0 Å². The van der Waals surface area contributed by atoms with E-state index in [1.54, 1.807) is 0 Å². The van der Waals surface area contributed by atoms with Gasteiger partial charge in [0.05, 0.1) is 24.2 Å². The van der Waals surface area contributed by atoms with Crippen LogP contribution < -0.4 is 5.69 Å². The maximum Gasteiger partial charge on any atom is 0.326 e. The van der Waals surface area contributed by atoms with Gasteiger partial charge in [-0.15, -0.1) is 0 Å². The van der Waals surface area contributed by atoms with Crippen LogP contribution in [0.3, 0.4) is 0 Å². The SMILES string of the molecule is O=C(C1=CC(c2ccccc2)CC(OCc2ccc(CO)cc2)O1)N1CCC(n2c(=O)[nH]c3ccccc32)CC1. The third kappa shape index (κ3) is 5.46. The highest BCUT2D eigenvalue weighted by molar-refractivity contribution is 5.92. The summed E-state index contributed by atoms with van der Waals surface area (Å²) in [5, 5.41) is 9.30. The van der Waals surface area contributed by atoms with E-state index in [1.807, 2.05) is 82.3 Å². The minimum atomic E-state index is -0.575. The highest BCUT2D eigenvalue weighted by Crippen LogP contribution is 2.33. The largest absolute Gasteiger partial charge is 0.459 e. The van der Waals surface area contributed by atoms with Crippen LogP contribution >= 0.6 is 0 Å². The molecular weight excluding hydrogens is 506 g/mol. The molecule has 2 aliphatic rings. The number of amides is 1. The van der Waals surface area contributed by atoms with Crippen molar-refractivity contribution in [1.29, 1.82) is 0 Å². The standard InChI is InChI=1S/C32H33N3O5/c36-20-22-10-12-23(13-11-22)21-39-30-19-25(24-6-2-1-3-7-24)18-29(40-30)31(37)34-16-14-26(15-17-34)35-28-9-5-4-8-27(28)33-32(35)38/h1-13,18,25-26,30,36H,14-17,19-21H2,(H,33,38). The molecule has 2 unspecified atom stereocenters. The van der Waals surface area contributed by atoms with Gasteiger partial charge in [-0.05, 0) is 47.7 Å². The van der Waals surface area contributed by atoms with Crippen LogP contribution in [0, 0.1) is 0 Å². The van der Waals surface area contributed by atoms with Crippen LogP contribution in [0.5, 0.6) is 0 Å². The molecule has 0 saturated carbocycles. The first-order chi connectivity index (χ1) is 19.6. The van der Waals surface area contributed by atoms with Gasteiger partial charge in [0.2, 0.25) is 6.29 Å². The Hall–Kier alpha value is -4.14. The number of fused-ring (bicyclic) bond motifs is 1. The molecule has 2 aliphatic heterocycles.